The SMILES string of the molecule is CC(C)(C)C(=O)CCC(=NNc1ccccc1)C(C)(C)C. The molecule has 116 valence electrons. The molecule has 0 bridgehead atoms. The largest absolute Gasteiger partial charge is 0.299 e. The summed E-state index contributed by atoms with van der Waals surface area (Å²) in [6.45, 7) is 12.3. The van der Waals surface area contributed by atoms with E-state index in [1.54, 1.807) is 0 Å². The first-order valence-electron chi connectivity index (χ1n) is 7.52. The normalized spacial score (nSPS) is 13.1. The van der Waals surface area contributed by atoms with Crippen LogP contribution in [0, 0.1) is 10.8 Å². The smallest absolute Gasteiger partial charge is 0.138 e. The maximum absolute atomic E-state index is 12.1. The number of Topliss-reactive ketones (excluding diaryl/α,β-unsaturated/α-hetero) is 1. The van der Waals surface area contributed by atoms with Crippen molar-refractivity contribution in [3.63, 3.8) is 0 Å². The fourth-order valence-electron chi connectivity index (χ4n) is 1.85. The van der Waals surface area contributed by atoms with Gasteiger partial charge in [-0.3, -0.25) is 10.2 Å². The molecule has 0 aliphatic heterocycles. The zero-order valence-corrected chi connectivity index (χ0v) is 14.2. The number of carbonyl (C=O) groups is 1. The topological polar surface area (TPSA) is 41.5 Å². The van der Waals surface area contributed by atoms with Crippen molar-refractivity contribution in [2.75, 3.05) is 5.43 Å². The van der Waals surface area contributed by atoms with Gasteiger partial charge < -0.3 is 0 Å². The Morgan fingerprint density at radius 3 is 2.00 bits per heavy atom. The van der Waals surface area contributed by atoms with Gasteiger partial charge >= 0.3 is 0 Å². The van der Waals surface area contributed by atoms with Crippen molar-refractivity contribution in [3.8, 4) is 0 Å². The summed E-state index contributed by atoms with van der Waals surface area (Å²) in [6, 6.07) is 9.87. The van der Waals surface area contributed by atoms with Gasteiger partial charge in [0.2, 0.25) is 0 Å². The van der Waals surface area contributed by atoms with E-state index in [0.717, 1.165) is 11.4 Å². The zero-order chi connectivity index (χ0) is 16.1. The molecule has 1 rings (SSSR count). The van der Waals surface area contributed by atoms with Crippen molar-refractivity contribution in [1.82, 2.24) is 0 Å². The highest BCUT2D eigenvalue weighted by molar-refractivity contribution is 5.94. The van der Waals surface area contributed by atoms with Crippen LogP contribution in [0.25, 0.3) is 0 Å². The monoisotopic (exact) mass is 288 g/mol. The predicted molar refractivity (Wildman–Crippen MR) is 90.7 cm³/mol. The van der Waals surface area contributed by atoms with Crippen LogP contribution in [0.5, 0.6) is 0 Å². The number of hydrogen-bond donors (Lipinski definition) is 1. The quantitative estimate of drug-likeness (QED) is 0.618. The molecule has 0 aromatic heterocycles. The van der Waals surface area contributed by atoms with Gasteiger partial charge in [-0.15, -0.1) is 0 Å². The van der Waals surface area contributed by atoms with E-state index >= 15 is 0 Å². The molecule has 3 nitrogen and oxygen atoms in total. The first-order valence-corrected chi connectivity index (χ1v) is 7.52. The van der Waals surface area contributed by atoms with E-state index < -0.39 is 0 Å². The molecule has 0 aliphatic carbocycles. The number of hydrazone groups is 1. The third-order valence-corrected chi connectivity index (χ3v) is 3.38. The van der Waals surface area contributed by atoms with Gasteiger partial charge in [0.15, 0.2) is 0 Å². The second-order valence-corrected chi connectivity index (χ2v) is 7.46. The van der Waals surface area contributed by atoms with Gasteiger partial charge in [0.25, 0.3) is 0 Å². The van der Waals surface area contributed by atoms with Crippen molar-refractivity contribution in [2.45, 2.75) is 54.4 Å². The highest BCUT2D eigenvalue weighted by Gasteiger charge is 2.24. The molecule has 0 fully saturated rings. The second-order valence-electron chi connectivity index (χ2n) is 7.46. The number of ketones is 1. The van der Waals surface area contributed by atoms with Crippen LogP contribution in [-0.2, 0) is 4.79 Å². The van der Waals surface area contributed by atoms with E-state index in [-0.39, 0.29) is 16.6 Å². The van der Waals surface area contributed by atoms with Crippen molar-refractivity contribution in [2.24, 2.45) is 15.9 Å². The van der Waals surface area contributed by atoms with E-state index in [9.17, 15) is 4.79 Å². The summed E-state index contributed by atoms with van der Waals surface area (Å²) >= 11 is 0. The molecule has 21 heavy (non-hydrogen) atoms. The van der Waals surface area contributed by atoms with Gasteiger partial charge in [-0.25, -0.2) is 0 Å². The van der Waals surface area contributed by atoms with Gasteiger partial charge in [-0.2, -0.15) is 5.10 Å². The Kier molecular flexibility index (Phi) is 5.70. The third kappa shape index (κ3) is 6.11. The van der Waals surface area contributed by atoms with Crippen LogP contribution in [0.4, 0.5) is 5.69 Å². The Hall–Kier alpha value is -1.64. The molecule has 0 radical (unpaired) electrons. The fraction of sp³-hybridized carbons (Fsp3) is 0.556. The summed E-state index contributed by atoms with van der Waals surface area (Å²) in [5.41, 5.74) is 4.73. The molecular weight excluding hydrogens is 260 g/mol. The number of anilines is 1. The summed E-state index contributed by atoms with van der Waals surface area (Å²) in [7, 11) is 0. The number of benzene rings is 1. The van der Waals surface area contributed by atoms with Crippen LogP contribution in [-0.4, -0.2) is 11.5 Å². The molecule has 0 atom stereocenters. The average Bonchev–Trinajstić information content (AvgIpc) is 2.36. The van der Waals surface area contributed by atoms with Crippen LogP contribution in [0.2, 0.25) is 0 Å². The standard InChI is InChI=1S/C18H28N2O/c1-17(2,3)15(12-13-16(21)18(4,5)6)20-19-14-10-8-7-9-11-14/h7-11,19H,12-13H2,1-6H3. The summed E-state index contributed by atoms with van der Waals surface area (Å²) < 4.78 is 0. The van der Waals surface area contributed by atoms with Crippen molar-refractivity contribution in [3.05, 3.63) is 30.3 Å². The lowest BCUT2D eigenvalue weighted by Crippen LogP contribution is -2.26. The van der Waals surface area contributed by atoms with Gasteiger partial charge in [0, 0.05) is 23.0 Å². The molecule has 0 saturated heterocycles. The van der Waals surface area contributed by atoms with Crippen LogP contribution in [0.3, 0.4) is 0 Å². The minimum absolute atomic E-state index is 0.0556. The lowest BCUT2D eigenvalue weighted by molar-refractivity contribution is -0.126. The molecule has 0 aliphatic rings. The number of nitrogens with one attached hydrogen (secondary N) is 1. The summed E-state index contributed by atoms with van der Waals surface area (Å²) in [4.78, 5) is 12.1. The lowest BCUT2D eigenvalue weighted by atomic mass is 9.83. The van der Waals surface area contributed by atoms with Crippen LogP contribution >= 0.6 is 0 Å². The Morgan fingerprint density at radius 1 is 0.952 bits per heavy atom. The second kappa shape index (κ2) is 6.88. The first-order chi connectivity index (χ1) is 9.60. The minimum atomic E-state index is -0.282. The number of rotatable bonds is 5. The Bertz CT molecular complexity index is 490. The van der Waals surface area contributed by atoms with E-state index in [1.165, 1.54) is 0 Å². The molecule has 1 N–H and O–H groups in total. The van der Waals surface area contributed by atoms with Crippen molar-refractivity contribution >= 4 is 17.2 Å². The van der Waals surface area contributed by atoms with Crippen LogP contribution in [0.15, 0.2) is 35.4 Å². The van der Waals surface area contributed by atoms with Crippen LogP contribution < -0.4 is 5.43 Å². The Morgan fingerprint density at radius 2 is 1.52 bits per heavy atom. The molecule has 3 heteroatoms. The highest BCUT2D eigenvalue weighted by Crippen LogP contribution is 2.23. The maximum atomic E-state index is 12.1. The number of para-hydroxylation sites is 1. The van der Waals surface area contributed by atoms with E-state index in [0.29, 0.717) is 12.8 Å². The first kappa shape index (κ1) is 17.4. The molecule has 1 aromatic rings. The highest BCUT2D eigenvalue weighted by atomic mass is 16.1. The minimum Gasteiger partial charge on any atom is -0.299 e. The molecular formula is C18H28N2O. The summed E-state index contributed by atoms with van der Waals surface area (Å²) in [5, 5.41) is 4.53. The predicted octanol–water partition coefficient (Wildman–Crippen LogP) is 4.90. The van der Waals surface area contributed by atoms with Crippen molar-refractivity contribution < 1.29 is 4.79 Å². The van der Waals surface area contributed by atoms with Gasteiger partial charge in [0.1, 0.15) is 5.78 Å². The average molecular weight is 288 g/mol. The molecule has 0 spiro atoms. The molecule has 0 amide bonds. The third-order valence-electron chi connectivity index (χ3n) is 3.38. The van der Waals surface area contributed by atoms with E-state index in [2.05, 4.69) is 31.3 Å². The molecule has 0 saturated carbocycles. The number of nitrogens with zero attached hydrogens (tertiary/aromatic N) is 1. The number of carbonyl (C=O) groups excluding carboxylic acids is 1. The van der Waals surface area contributed by atoms with Gasteiger partial charge in [-0.1, -0.05) is 59.7 Å². The number of hydrogen-bond acceptors (Lipinski definition) is 3. The zero-order valence-electron chi connectivity index (χ0n) is 14.2. The summed E-state index contributed by atoms with van der Waals surface area (Å²) in [5.74, 6) is 0.277. The van der Waals surface area contributed by atoms with Gasteiger partial charge in [0.05, 0.1) is 5.69 Å². The Labute approximate surface area is 128 Å². The van der Waals surface area contributed by atoms with E-state index in [4.69, 9.17) is 0 Å². The molecule has 0 unspecified atom stereocenters. The maximum Gasteiger partial charge on any atom is 0.138 e. The van der Waals surface area contributed by atoms with Crippen LogP contribution in [0.1, 0.15) is 54.4 Å². The lowest BCUT2D eigenvalue weighted by Gasteiger charge is -2.23. The molecule has 1 aromatic carbocycles. The fourth-order valence-corrected chi connectivity index (χ4v) is 1.85. The summed E-state index contributed by atoms with van der Waals surface area (Å²) in [6.07, 6.45) is 1.23. The Balaban J connectivity index is 2.76. The van der Waals surface area contributed by atoms with Gasteiger partial charge in [-0.05, 0) is 18.6 Å². The van der Waals surface area contributed by atoms with E-state index in [1.807, 2.05) is 51.1 Å². The molecule has 0 heterocycles. The van der Waals surface area contributed by atoms with Crippen molar-refractivity contribution in [1.29, 1.82) is 0 Å².